The van der Waals surface area contributed by atoms with E-state index in [-0.39, 0.29) is 5.91 Å². The number of nitrogens with one attached hydrogen (secondary N) is 1. The molecule has 0 aliphatic carbocycles. The van der Waals surface area contributed by atoms with E-state index in [1.165, 1.54) is 0 Å². The molecule has 4 rings (SSSR count). The van der Waals surface area contributed by atoms with Crippen molar-refractivity contribution in [3.8, 4) is 5.75 Å². The van der Waals surface area contributed by atoms with Crippen molar-refractivity contribution in [2.45, 2.75) is 6.92 Å². The van der Waals surface area contributed by atoms with E-state index in [4.69, 9.17) is 9.47 Å². The number of aryl methyl sites for hydroxylation is 2. The quantitative estimate of drug-likeness (QED) is 0.696. The van der Waals surface area contributed by atoms with Crippen molar-refractivity contribution < 1.29 is 14.3 Å². The molecule has 0 radical (unpaired) electrons. The molecule has 1 saturated heterocycles. The number of anilines is 1. The van der Waals surface area contributed by atoms with Crippen LogP contribution in [-0.2, 0) is 11.8 Å². The first-order valence-corrected chi connectivity index (χ1v) is 9.87. The zero-order valence-electron chi connectivity index (χ0n) is 16.9. The van der Waals surface area contributed by atoms with Crippen LogP contribution in [0.5, 0.6) is 5.75 Å². The third-order valence-corrected chi connectivity index (χ3v) is 5.26. The van der Waals surface area contributed by atoms with E-state index in [0.717, 1.165) is 61.1 Å². The molecule has 29 heavy (non-hydrogen) atoms. The monoisotopic (exact) mass is 394 g/mol. The minimum absolute atomic E-state index is 0.156. The smallest absolute Gasteiger partial charge is 0.255 e. The molecular formula is C22H26N4O3. The predicted octanol–water partition coefficient (Wildman–Crippen LogP) is 2.85. The van der Waals surface area contributed by atoms with Gasteiger partial charge in [-0.3, -0.25) is 9.69 Å². The van der Waals surface area contributed by atoms with Crippen molar-refractivity contribution in [3.63, 3.8) is 0 Å². The average molecular weight is 394 g/mol. The number of hydrogen-bond donors (Lipinski definition) is 1. The summed E-state index contributed by atoms with van der Waals surface area (Å²) in [4.78, 5) is 19.4. The molecule has 7 heteroatoms. The molecule has 0 bridgehead atoms. The number of carbonyl (C=O) groups is 1. The Morgan fingerprint density at radius 3 is 2.69 bits per heavy atom. The van der Waals surface area contributed by atoms with Crippen LogP contribution in [0, 0.1) is 6.92 Å². The minimum atomic E-state index is -0.156. The second-order valence-corrected chi connectivity index (χ2v) is 7.20. The molecule has 1 amide bonds. The molecule has 0 atom stereocenters. The highest BCUT2D eigenvalue weighted by Crippen LogP contribution is 2.19. The Morgan fingerprint density at radius 1 is 1.17 bits per heavy atom. The van der Waals surface area contributed by atoms with Gasteiger partial charge >= 0.3 is 0 Å². The van der Waals surface area contributed by atoms with Gasteiger partial charge in [0.05, 0.1) is 24.2 Å². The van der Waals surface area contributed by atoms with E-state index in [0.29, 0.717) is 12.2 Å². The van der Waals surface area contributed by atoms with Gasteiger partial charge in [-0.25, -0.2) is 4.98 Å². The number of rotatable bonds is 6. The fourth-order valence-electron chi connectivity index (χ4n) is 3.42. The molecule has 1 aliphatic heterocycles. The van der Waals surface area contributed by atoms with E-state index >= 15 is 0 Å². The van der Waals surface area contributed by atoms with Crippen LogP contribution in [0.25, 0.3) is 11.0 Å². The van der Waals surface area contributed by atoms with Crippen molar-refractivity contribution in [1.29, 1.82) is 0 Å². The first-order chi connectivity index (χ1) is 14.1. The minimum Gasteiger partial charge on any atom is -0.492 e. The maximum atomic E-state index is 12.6. The van der Waals surface area contributed by atoms with Gasteiger partial charge in [0, 0.05) is 37.9 Å². The number of benzene rings is 2. The summed E-state index contributed by atoms with van der Waals surface area (Å²) in [5.41, 5.74) is 3.15. The van der Waals surface area contributed by atoms with E-state index in [2.05, 4.69) is 15.2 Å². The third-order valence-electron chi connectivity index (χ3n) is 5.26. The fraction of sp³-hybridized carbons (Fsp3) is 0.364. The first kappa shape index (κ1) is 19.4. The summed E-state index contributed by atoms with van der Waals surface area (Å²) in [6.07, 6.45) is 0. The molecule has 2 aromatic carbocycles. The maximum Gasteiger partial charge on any atom is 0.255 e. The Balaban J connectivity index is 1.32. The molecule has 1 aliphatic rings. The molecule has 2 heterocycles. The number of morpholine rings is 1. The summed E-state index contributed by atoms with van der Waals surface area (Å²) in [6, 6.07) is 13.0. The van der Waals surface area contributed by atoms with Crippen LogP contribution in [0.15, 0.2) is 42.5 Å². The van der Waals surface area contributed by atoms with Crippen molar-refractivity contribution in [1.82, 2.24) is 14.5 Å². The van der Waals surface area contributed by atoms with Crippen LogP contribution in [0.2, 0.25) is 0 Å². The lowest BCUT2D eigenvalue weighted by atomic mass is 10.2. The van der Waals surface area contributed by atoms with Crippen molar-refractivity contribution in [2.75, 3.05) is 44.8 Å². The molecular weight excluding hydrogens is 368 g/mol. The van der Waals surface area contributed by atoms with Gasteiger partial charge < -0.3 is 19.4 Å². The SMILES string of the molecule is Cc1nc2cc(C(=O)Nc3ccc(OCCN4CCOCC4)cc3)ccc2n1C. The number of carbonyl (C=O) groups excluding carboxylic acids is 1. The van der Waals surface area contributed by atoms with Gasteiger partial charge in [-0.2, -0.15) is 0 Å². The number of nitrogens with zero attached hydrogens (tertiary/aromatic N) is 3. The predicted molar refractivity (Wildman–Crippen MR) is 113 cm³/mol. The van der Waals surface area contributed by atoms with Crippen LogP contribution >= 0.6 is 0 Å². The van der Waals surface area contributed by atoms with Crippen molar-refractivity contribution >= 4 is 22.6 Å². The van der Waals surface area contributed by atoms with Gasteiger partial charge in [0.25, 0.3) is 5.91 Å². The van der Waals surface area contributed by atoms with E-state index < -0.39 is 0 Å². The Morgan fingerprint density at radius 2 is 1.93 bits per heavy atom. The lowest BCUT2D eigenvalue weighted by Crippen LogP contribution is -2.38. The molecule has 1 N–H and O–H groups in total. The zero-order chi connectivity index (χ0) is 20.2. The highest BCUT2D eigenvalue weighted by molar-refractivity contribution is 6.06. The van der Waals surface area contributed by atoms with Crippen LogP contribution in [-0.4, -0.2) is 59.8 Å². The zero-order valence-corrected chi connectivity index (χ0v) is 16.9. The summed E-state index contributed by atoms with van der Waals surface area (Å²) >= 11 is 0. The van der Waals surface area contributed by atoms with E-state index in [1.54, 1.807) is 0 Å². The molecule has 7 nitrogen and oxygen atoms in total. The molecule has 0 saturated carbocycles. The number of fused-ring (bicyclic) bond motifs is 1. The summed E-state index contributed by atoms with van der Waals surface area (Å²) < 4.78 is 13.2. The lowest BCUT2D eigenvalue weighted by molar-refractivity contribution is 0.0322. The van der Waals surface area contributed by atoms with Crippen LogP contribution < -0.4 is 10.1 Å². The number of amides is 1. The van der Waals surface area contributed by atoms with E-state index in [1.807, 2.05) is 61.0 Å². The molecule has 3 aromatic rings. The van der Waals surface area contributed by atoms with Crippen LogP contribution in [0.1, 0.15) is 16.2 Å². The average Bonchev–Trinajstić information content (AvgIpc) is 3.03. The number of aromatic nitrogens is 2. The van der Waals surface area contributed by atoms with Gasteiger partial charge in [0.1, 0.15) is 18.2 Å². The summed E-state index contributed by atoms with van der Waals surface area (Å²) in [6.45, 7) is 6.97. The summed E-state index contributed by atoms with van der Waals surface area (Å²) in [5.74, 6) is 1.56. The number of imidazole rings is 1. The topological polar surface area (TPSA) is 68.6 Å². The van der Waals surface area contributed by atoms with Gasteiger partial charge in [0.15, 0.2) is 0 Å². The highest BCUT2D eigenvalue weighted by Gasteiger charge is 2.11. The molecule has 0 unspecified atom stereocenters. The molecule has 152 valence electrons. The molecule has 0 spiro atoms. The van der Waals surface area contributed by atoms with Gasteiger partial charge in [-0.1, -0.05) is 0 Å². The largest absolute Gasteiger partial charge is 0.492 e. The van der Waals surface area contributed by atoms with Gasteiger partial charge in [-0.15, -0.1) is 0 Å². The van der Waals surface area contributed by atoms with Gasteiger partial charge in [0.2, 0.25) is 0 Å². The number of ether oxygens (including phenoxy) is 2. The Hall–Kier alpha value is -2.90. The van der Waals surface area contributed by atoms with Crippen LogP contribution in [0.4, 0.5) is 5.69 Å². The Bertz CT molecular complexity index is 991. The third kappa shape index (κ3) is 4.58. The standard InChI is InChI=1S/C22H26N4O3/c1-16-23-20-15-17(3-8-21(20)25(16)2)22(27)24-18-4-6-19(7-5-18)29-14-11-26-9-12-28-13-10-26/h3-8,15H,9-14H2,1-2H3,(H,24,27). The highest BCUT2D eigenvalue weighted by atomic mass is 16.5. The second-order valence-electron chi connectivity index (χ2n) is 7.20. The Labute approximate surface area is 170 Å². The lowest BCUT2D eigenvalue weighted by Gasteiger charge is -2.26. The van der Waals surface area contributed by atoms with Gasteiger partial charge in [-0.05, 0) is 49.4 Å². The Kier molecular flexibility index (Phi) is 5.78. The first-order valence-electron chi connectivity index (χ1n) is 9.87. The fourth-order valence-corrected chi connectivity index (χ4v) is 3.42. The second kappa shape index (κ2) is 8.63. The number of hydrogen-bond acceptors (Lipinski definition) is 5. The normalized spacial score (nSPS) is 14.8. The van der Waals surface area contributed by atoms with Crippen molar-refractivity contribution in [3.05, 3.63) is 53.9 Å². The summed E-state index contributed by atoms with van der Waals surface area (Å²) in [5, 5.41) is 2.93. The molecule has 1 fully saturated rings. The molecule has 1 aromatic heterocycles. The van der Waals surface area contributed by atoms with E-state index in [9.17, 15) is 4.79 Å². The van der Waals surface area contributed by atoms with Crippen molar-refractivity contribution in [2.24, 2.45) is 7.05 Å². The summed E-state index contributed by atoms with van der Waals surface area (Å²) in [7, 11) is 1.97. The van der Waals surface area contributed by atoms with Crippen LogP contribution in [0.3, 0.4) is 0 Å². The maximum absolute atomic E-state index is 12.6.